The molecule has 0 atom stereocenters. The average molecular weight is 373 g/mol. The number of ether oxygens (including phenoxy) is 2. The second-order valence-corrected chi connectivity index (χ2v) is 5.51. The third-order valence-corrected chi connectivity index (χ3v) is 3.55. The lowest BCUT2D eigenvalue weighted by Gasteiger charge is -2.10. The minimum absolute atomic E-state index is 0.285. The Morgan fingerprint density at radius 3 is 1.74 bits per heavy atom. The van der Waals surface area contributed by atoms with Gasteiger partial charge in [0.15, 0.2) is 0 Å². The summed E-state index contributed by atoms with van der Waals surface area (Å²) in [6, 6.07) is 18.0. The molecular formula is C20H14F3NO3. The molecule has 0 aliphatic heterocycles. The topological polar surface area (TPSA) is 51.1 Å². The molecule has 0 radical (unpaired) electrons. The van der Waals surface area contributed by atoms with E-state index in [1.165, 1.54) is 18.3 Å². The van der Waals surface area contributed by atoms with Crippen molar-refractivity contribution in [3.63, 3.8) is 0 Å². The highest BCUT2D eigenvalue weighted by atomic mass is 19.4. The Bertz CT molecular complexity index is 920. The van der Waals surface area contributed by atoms with Gasteiger partial charge >= 0.3 is 6.18 Å². The van der Waals surface area contributed by atoms with Crippen molar-refractivity contribution in [1.29, 1.82) is 0 Å². The van der Waals surface area contributed by atoms with E-state index in [9.17, 15) is 13.2 Å². The molecule has 1 N–H and O–H groups in total. The van der Waals surface area contributed by atoms with Gasteiger partial charge in [-0.15, -0.1) is 0 Å². The summed E-state index contributed by atoms with van der Waals surface area (Å²) in [5.74, 6) is 1.78. The van der Waals surface area contributed by atoms with E-state index in [-0.39, 0.29) is 5.75 Å². The summed E-state index contributed by atoms with van der Waals surface area (Å²) in [6.45, 7) is 0. The largest absolute Gasteiger partial charge is 0.457 e. The maximum Gasteiger partial charge on any atom is 0.416 e. The number of oxime groups is 1. The van der Waals surface area contributed by atoms with Gasteiger partial charge in [0.2, 0.25) is 0 Å². The molecule has 0 heterocycles. The van der Waals surface area contributed by atoms with Gasteiger partial charge in [-0.25, -0.2) is 0 Å². The fraction of sp³-hybridized carbons (Fsp3) is 0.0500. The van der Waals surface area contributed by atoms with Crippen molar-refractivity contribution in [3.8, 4) is 23.0 Å². The summed E-state index contributed by atoms with van der Waals surface area (Å²) in [5.41, 5.74) is -0.0224. The standard InChI is InChI=1S/C20H14F3NO3/c21-20(22,23)15-6-10-17(11-7-15)27-19-3-1-2-18(12-19)26-16-8-4-14(5-9-16)13-24-25/h1-13,25H. The molecule has 0 bridgehead atoms. The van der Waals surface area contributed by atoms with Crippen molar-refractivity contribution in [2.75, 3.05) is 0 Å². The molecule has 0 aliphatic carbocycles. The number of nitrogens with zero attached hydrogens (tertiary/aromatic N) is 1. The highest BCUT2D eigenvalue weighted by Gasteiger charge is 2.30. The Kier molecular flexibility index (Phi) is 5.30. The lowest BCUT2D eigenvalue weighted by Crippen LogP contribution is -2.03. The number of rotatable bonds is 5. The first-order valence-corrected chi connectivity index (χ1v) is 7.84. The van der Waals surface area contributed by atoms with Gasteiger partial charge in [-0.1, -0.05) is 11.2 Å². The van der Waals surface area contributed by atoms with E-state index >= 15 is 0 Å². The third kappa shape index (κ3) is 5.01. The van der Waals surface area contributed by atoms with E-state index < -0.39 is 11.7 Å². The highest BCUT2D eigenvalue weighted by Crippen LogP contribution is 2.32. The van der Waals surface area contributed by atoms with Gasteiger partial charge in [-0.2, -0.15) is 13.2 Å². The van der Waals surface area contributed by atoms with Gasteiger partial charge in [-0.3, -0.25) is 0 Å². The monoisotopic (exact) mass is 373 g/mol. The molecule has 3 aromatic carbocycles. The van der Waals surface area contributed by atoms with Crippen LogP contribution in [-0.2, 0) is 6.18 Å². The van der Waals surface area contributed by atoms with Crippen molar-refractivity contribution in [2.24, 2.45) is 5.16 Å². The van der Waals surface area contributed by atoms with Crippen LogP contribution in [0, 0.1) is 0 Å². The summed E-state index contributed by atoms with van der Waals surface area (Å²) in [6.07, 6.45) is -3.09. The lowest BCUT2D eigenvalue weighted by molar-refractivity contribution is -0.137. The Morgan fingerprint density at radius 1 is 0.741 bits per heavy atom. The zero-order chi connectivity index (χ0) is 19.3. The van der Waals surface area contributed by atoms with Crippen LogP contribution in [0.2, 0.25) is 0 Å². The normalized spacial score (nSPS) is 11.5. The average Bonchev–Trinajstić information content (AvgIpc) is 2.64. The quantitative estimate of drug-likeness (QED) is 0.334. The summed E-state index contributed by atoms with van der Waals surface area (Å²) in [4.78, 5) is 0. The van der Waals surface area contributed by atoms with Gasteiger partial charge in [0.1, 0.15) is 23.0 Å². The van der Waals surface area contributed by atoms with E-state index in [2.05, 4.69) is 5.16 Å². The zero-order valence-corrected chi connectivity index (χ0v) is 13.9. The van der Waals surface area contributed by atoms with E-state index in [0.29, 0.717) is 22.8 Å². The predicted octanol–water partition coefficient (Wildman–Crippen LogP) is 6.10. The summed E-state index contributed by atoms with van der Waals surface area (Å²) in [5, 5.41) is 11.4. The maximum absolute atomic E-state index is 12.6. The minimum atomic E-state index is -4.38. The molecule has 0 aliphatic rings. The van der Waals surface area contributed by atoms with Gasteiger partial charge < -0.3 is 14.7 Å². The lowest BCUT2D eigenvalue weighted by atomic mass is 10.2. The van der Waals surface area contributed by atoms with E-state index in [1.807, 2.05) is 0 Å². The van der Waals surface area contributed by atoms with Crippen molar-refractivity contribution < 1.29 is 27.9 Å². The SMILES string of the molecule is ON=Cc1ccc(Oc2cccc(Oc3ccc(C(F)(F)F)cc3)c2)cc1. The summed E-state index contributed by atoms with van der Waals surface area (Å²) < 4.78 is 49.1. The van der Waals surface area contributed by atoms with Gasteiger partial charge in [-0.05, 0) is 66.2 Å². The third-order valence-electron chi connectivity index (χ3n) is 3.55. The first-order valence-electron chi connectivity index (χ1n) is 7.84. The molecule has 0 unspecified atom stereocenters. The molecule has 3 rings (SSSR count). The van der Waals surface area contributed by atoms with E-state index in [1.54, 1.807) is 48.5 Å². The molecule has 0 saturated carbocycles. The second kappa shape index (κ2) is 7.82. The van der Waals surface area contributed by atoms with Gasteiger partial charge in [0.25, 0.3) is 0 Å². The molecule has 27 heavy (non-hydrogen) atoms. The van der Waals surface area contributed by atoms with Crippen LogP contribution in [0.15, 0.2) is 78.0 Å². The first kappa shape index (κ1) is 18.3. The molecule has 3 aromatic rings. The van der Waals surface area contributed by atoms with Crippen molar-refractivity contribution in [2.45, 2.75) is 6.18 Å². The highest BCUT2D eigenvalue weighted by molar-refractivity contribution is 5.79. The van der Waals surface area contributed by atoms with Gasteiger partial charge in [0, 0.05) is 6.07 Å². The molecule has 0 saturated heterocycles. The van der Waals surface area contributed by atoms with E-state index in [0.717, 1.165) is 12.1 Å². The number of halogens is 3. The van der Waals surface area contributed by atoms with Crippen LogP contribution in [0.5, 0.6) is 23.0 Å². The Balaban J connectivity index is 1.70. The fourth-order valence-electron chi connectivity index (χ4n) is 2.27. The number of hydrogen-bond acceptors (Lipinski definition) is 4. The Morgan fingerprint density at radius 2 is 1.26 bits per heavy atom. The van der Waals surface area contributed by atoms with Crippen LogP contribution in [0.25, 0.3) is 0 Å². The smallest absolute Gasteiger partial charge is 0.416 e. The molecule has 7 heteroatoms. The Hall–Kier alpha value is -3.48. The second-order valence-electron chi connectivity index (χ2n) is 5.51. The van der Waals surface area contributed by atoms with Gasteiger partial charge in [0.05, 0.1) is 11.8 Å². The number of alkyl halides is 3. The Labute approximate surface area is 153 Å². The molecular weight excluding hydrogens is 359 g/mol. The minimum Gasteiger partial charge on any atom is -0.457 e. The molecule has 0 spiro atoms. The molecule has 4 nitrogen and oxygen atoms in total. The molecule has 0 aromatic heterocycles. The fourth-order valence-corrected chi connectivity index (χ4v) is 2.27. The summed E-state index contributed by atoms with van der Waals surface area (Å²) >= 11 is 0. The molecule has 0 amide bonds. The van der Waals surface area contributed by atoms with Crippen molar-refractivity contribution >= 4 is 6.21 Å². The number of hydrogen-bond donors (Lipinski definition) is 1. The van der Waals surface area contributed by atoms with Crippen molar-refractivity contribution in [1.82, 2.24) is 0 Å². The van der Waals surface area contributed by atoms with Crippen LogP contribution in [0.4, 0.5) is 13.2 Å². The molecule has 138 valence electrons. The van der Waals surface area contributed by atoms with Crippen LogP contribution < -0.4 is 9.47 Å². The zero-order valence-electron chi connectivity index (χ0n) is 13.9. The maximum atomic E-state index is 12.6. The van der Waals surface area contributed by atoms with Crippen LogP contribution in [-0.4, -0.2) is 11.4 Å². The number of benzene rings is 3. The van der Waals surface area contributed by atoms with Crippen LogP contribution in [0.1, 0.15) is 11.1 Å². The first-order chi connectivity index (χ1) is 12.9. The summed E-state index contributed by atoms with van der Waals surface area (Å²) in [7, 11) is 0. The van der Waals surface area contributed by atoms with Crippen molar-refractivity contribution in [3.05, 3.63) is 83.9 Å². The van der Waals surface area contributed by atoms with E-state index in [4.69, 9.17) is 14.7 Å². The van der Waals surface area contributed by atoms with Crippen LogP contribution >= 0.6 is 0 Å². The molecule has 0 fully saturated rings. The van der Waals surface area contributed by atoms with Crippen LogP contribution in [0.3, 0.4) is 0 Å². The predicted molar refractivity (Wildman–Crippen MR) is 93.9 cm³/mol.